The Labute approximate surface area is 86.6 Å². The smallest absolute Gasteiger partial charge is 0.0992 e. The van der Waals surface area contributed by atoms with Gasteiger partial charge in [0.15, 0.2) is 0 Å². The Morgan fingerprint density at radius 2 is 1.86 bits per heavy atom. The largest absolute Gasteiger partial charge is 0.366 e. The van der Waals surface area contributed by atoms with Crippen LogP contribution >= 0.6 is 0 Å². The molecule has 2 heteroatoms. The molecule has 3 aliphatic rings. The minimum absolute atomic E-state index is 0.864. The average Bonchev–Trinajstić information content (AvgIpc) is 2.26. The maximum absolute atomic E-state index is 5.54. The van der Waals surface area contributed by atoms with Crippen molar-refractivity contribution in [2.45, 2.75) is 44.6 Å². The van der Waals surface area contributed by atoms with Gasteiger partial charge in [-0.3, -0.25) is 4.90 Å². The van der Waals surface area contributed by atoms with Crippen molar-refractivity contribution in [3.05, 3.63) is 0 Å². The fourth-order valence-electron chi connectivity index (χ4n) is 3.64. The molecule has 0 amide bonds. The third-order valence-corrected chi connectivity index (χ3v) is 4.48. The van der Waals surface area contributed by atoms with E-state index in [4.69, 9.17) is 4.74 Å². The highest BCUT2D eigenvalue weighted by Gasteiger charge is 2.37. The molecule has 0 spiro atoms. The Bertz CT molecular complexity index is 164. The van der Waals surface area contributed by atoms with Crippen LogP contribution in [-0.2, 0) is 4.74 Å². The van der Waals surface area contributed by atoms with Crippen LogP contribution in [0, 0.1) is 11.8 Å². The van der Waals surface area contributed by atoms with Crippen molar-refractivity contribution in [1.29, 1.82) is 0 Å². The number of piperidine rings is 1. The summed E-state index contributed by atoms with van der Waals surface area (Å²) in [4.78, 5) is 2.59. The van der Waals surface area contributed by atoms with Gasteiger partial charge in [0, 0.05) is 19.2 Å². The SMILES string of the molecule is C1CCC2CN3COCCC3CC2C1. The lowest BCUT2D eigenvalue weighted by Gasteiger charge is -2.47. The molecule has 0 radical (unpaired) electrons. The summed E-state index contributed by atoms with van der Waals surface area (Å²) in [5.74, 6) is 2.06. The summed E-state index contributed by atoms with van der Waals surface area (Å²) >= 11 is 0. The Kier molecular flexibility index (Phi) is 2.50. The summed E-state index contributed by atoms with van der Waals surface area (Å²) in [6, 6.07) is 0.864. The van der Waals surface area contributed by atoms with Gasteiger partial charge in [0.1, 0.15) is 0 Å². The molecule has 0 N–H and O–H groups in total. The molecule has 2 heterocycles. The summed E-state index contributed by atoms with van der Waals surface area (Å²) < 4.78 is 5.54. The number of hydrogen-bond acceptors (Lipinski definition) is 2. The second-order valence-corrected chi connectivity index (χ2v) is 5.29. The van der Waals surface area contributed by atoms with Gasteiger partial charge in [0.2, 0.25) is 0 Å². The summed E-state index contributed by atoms with van der Waals surface area (Å²) in [7, 11) is 0. The van der Waals surface area contributed by atoms with E-state index in [2.05, 4.69) is 4.90 Å². The minimum Gasteiger partial charge on any atom is -0.366 e. The zero-order chi connectivity index (χ0) is 9.38. The maximum Gasteiger partial charge on any atom is 0.0992 e. The zero-order valence-electron chi connectivity index (χ0n) is 8.95. The molecular formula is C12H21NO. The van der Waals surface area contributed by atoms with Crippen LogP contribution in [-0.4, -0.2) is 30.8 Å². The topological polar surface area (TPSA) is 12.5 Å². The fraction of sp³-hybridized carbons (Fsp3) is 1.00. The molecule has 3 fully saturated rings. The first kappa shape index (κ1) is 9.17. The van der Waals surface area contributed by atoms with E-state index in [0.717, 1.165) is 31.2 Å². The van der Waals surface area contributed by atoms with E-state index in [1.54, 1.807) is 0 Å². The molecule has 2 saturated heterocycles. The Hall–Kier alpha value is -0.0800. The standard InChI is InChI=1S/C12H21NO/c1-2-4-11-8-13-9-14-6-5-12(13)7-10(11)3-1/h10-12H,1-9H2. The van der Waals surface area contributed by atoms with Crippen molar-refractivity contribution in [3.63, 3.8) is 0 Å². The second-order valence-electron chi connectivity index (χ2n) is 5.29. The van der Waals surface area contributed by atoms with Crippen LogP contribution in [0.15, 0.2) is 0 Å². The van der Waals surface area contributed by atoms with Gasteiger partial charge in [-0.1, -0.05) is 19.3 Å². The number of ether oxygens (including phenoxy) is 1. The lowest BCUT2D eigenvalue weighted by molar-refractivity contribution is -0.0914. The molecule has 0 aromatic rings. The molecule has 0 aromatic heterocycles. The lowest BCUT2D eigenvalue weighted by Crippen LogP contribution is -2.51. The van der Waals surface area contributed by atoms with Gasteiger partial charge >= 0.3 is 0 Å². The van der Waals surface area contributed by atoms with Crippen molar-refractivity contribution < 1.29 is 4.74 Å². The normalized spacial score (nSPS) is 44.1. The average molecular weight is 195 g/mol. The molecule has 0 bridgehead atoms. The summed E-state index contributed by atoms with van der Waals surface area (Å²) in [5.41, 5.74) is 0. The summed E-state index contributed by atoms with van der Waals surface area (Å²) in [6.07, 6.45) is 8.70. The first-order valence-corrected chi connectivity index (χ1v) is 6.25. The highest BCUT2D eigenvalue weighted by Crippen LogP contribution is 2.39. The van der Waals surface area contributed by atoms with E-state index in [1.807, 2.05) is 0 Å². The zero-order valence-corrected chi connectivity index (χ0v) is 8.95. The van der Waals surface area contributed by atoms with E-state index in [-0.39, 0.29) is 0 Å². The molecule has 0 aromatic carbocycles. The van der Waals surface area contributed by atoms with E-state index < -0.39 is 0 Å². The van der Waals surface area contributed by atoms with E-state index in [9.17, 15) is 0 Å². The van der Waals surface area contributed by atoms with Crippen molar-refractivity contribution >= 4 is 0 Å². The van der Waals surface area contributed by atoms with Crippen LogP contribution in [0.1, 0.15) is 38.5 Å². The first-order valence-electron chi connectivity index (χ1n) is 6.25. The molecule has 3 atom stereocenters. The molecule has 2 nitrogen and oxygen atoms in total. The molecule has 3 rings (SSSR count). The molecule has 3 unspecified atom stereocenters. The Balaban J connectivity index is 1.68. The summed E-state index contributed by atoms with van der Waals surface area (Å²) in [6.45, 7) is 3.24. The van der Waals surface area contributed by atoms with Crippen LogP contribution in [0.2, 0.25) is 0 Å². The predicted molar refractivity (Wildman–Crippen MR) is 56.0 cm³/mol. The second kappa shape index (κ2) is 3.82. The van der Waals surface area contributed by atoms with Crippen LogP contribution in [0.25, 0.3) is 0 Å². The van der Waals surface area contributed by atoms with Gasteiger partial charge in [-0.05, 0) is 31.1 Å². The van der Waals surface area contributed by atoms with Gasteiger partial charge in [-0.25, -0.2) is 0 Å². The first-order chi connectivity index (χ1) is 6.93. The Morgan fingerprint density at radius 1 is 1.00 bits per heavy atom. The minimum atomic E-state index is 0.864. The van der Waals surface area contributed by atoms with Crippen molar-refractivity contribution in [2.75, 3.05) is 19.9 Å². The van der Waals surface area contributed by atoms with Crippen LogP contribution in [0.4, 0.5) is 0 Å². The van der Waals surface area contributed by atoms with Gasteiger partial charge in [-0.2, -0.15) is 0 Å². The molecule has 14 heavy (non-hydrogen) atoms. The third-order valence-electron chi connectivity index (χ3n) is 4.48. The lowest BCUT2D eigenvalue weighted by atomic mass is 9.72. The molecule has 80 valence electrons. The van der Waals surface area contributed by atoms with E-state index >= 15 is 0 Å². The van der Waals surface area contributed by atoms with Crippen LogP contribution in [0.5, 0.6) is 0 Å². The quantitative estimate of drug-likeness (QED) is 0.588. The van der Waals surface area contributed by atoms with E-state index in [0.29, 0.717) is 0 Å². The van der Waals surface area contributed by atoms with Gasteiger partial charge < -0.3 is 4.74 Å². The highest BCUT2D eigenvalue weighted by atomic mass is 16.5. The maximum atomic E-state index is 5.54. The summed E-state index contributed by atoms with van der Waals surface area (Å²) in [5, 5.41) is 0. The monoisotopic (exact) mass is 195 g/mol. The van der Waals surface area contributed by atoms with E-state index in [1.165, 1.54) is 45.1 Å². The molecular weight excluding hydrogens is 174 g/mol. The molecule has 1 saturated carbocycles. The van der Waals surface area contributed by atoms with Gasteiger partial charge in [-0.15, -0.1) is 0 Å². The fourth-order valence-corrected chi connectivity index (χ4v) is 3.64. The number of nitrogens with zero attached hydrogens (tertiary/aromatic N) is 1. The van der Waals surface area contributed by atoms with Crippen molar-refractivity contribution in [2.24, 2.45) is 11.8 Å². The van der Waals surface area contributed by atoms with Crippen molar-refractivity contribution in [3.8, 4) is 0 Å². The Morgan fingerprint density at radius 3 is 2.79 bits per heavy atom. The molecule has 2 aliphatic heterocycles. The van der Waals surface area contributed by atoms with Crippen LogP contribution < -0.4 is 0 Å². The van der Waals surface area contributed by atoms with Crippen LogP contribution in [0.3, 0.4) is 0 Å². The molecule has 1 aliphatic carbocycles. The van der Waals surface area contributed by atoms with Crippen molar-refractivity contribution in [1.82, 2.24) is 4.90 Å². The van der Waals surface area contributed by atoms with Gasteiger partial charge in [0.25, 0.3) is 0 Å². The third kappa shape index (κ3) is 1.59. The number of rotatable bonds is 0. The number of hydrogen-bond donors (Lipinski definition) is 0. The number of fused-ring (bicyclic) bond motifs is 2. The van der Waals surface area contributed by atoms with Gasteiger partial charge in [0.05, 0.1) is 6.73 Å². The predicted octanol–water partition coefficient (Wildman–Crippen LogP) is 2.24. The highest BCUT2D eigenvalue weighted by molar-refractivity contribution is 4.89.